The summed E-state index contributed by atoms with van der Waals surface area (Å²) in [7, 11) is 0. The van der Waals surface area contributed by atoms with Crippen LogP contribution in [0, 0.1) is 16.7 Å². The Morgan fingerprint density at radius 1 is 1.29 bits per heavy atom. The monoisotopic (exact) mass is 398 g/mol. The first-order valence-electron chi connectivity index (χ1n) is 7.75. The van der Waals surface area contributed by atoms with Crippen LogP contribution in [-0.2, 0) is 6.42 Å². The average Bonchev–Trinajstić information content (AvgIpc) is 3.05. The van der Waals surface area contributed by atoms with E-state index in [1.807, 2.05) is 29.6 Å². The van der Waals surface area contributed by atoms with Gasteiger partial charge in [-0.15, -0.1) is 11.3 Å². The van der Waals surface area contributed by atoms with Gasteiger partial charge >= 0.3 is 0 Å². The summed E-state index contributed by atoms with van der Waals surface area (Å²) in [5.74, 6) is 0.233. The van der Waals surface area contributed by atoms with Crippen LogP contribution >= 0.6 is 27.3 Å². The molecule has 1 aliphatic rings. The van der Waals surface area contributed by atoms with Crippen molar-refractivity contribution in [3.05, 3.63) is 50.9 Å². The van der Waals surface area contributed by atoms with E-state index in [0.29, 0.717) is 12.0 Å². The van der Waals surface area contributed by atoms with Gasteiger partial charge in [-0.25, -0.2) is 0 Å². The number of carbonyl (C=O) groups is 1. The lowest BCUT2D eigenvalue weighted by atomic mass is 9.76. The number of ketones is 1. The van der Waals surface area contributed by atoms with Crippen LogP contribution in [0.2, 0.25) is 0 Å². The Bertz CT molecular complexity index is 1040. The van der Waals surface area contributed by atoms with Gasteiger partial charge in [0.2, 0.25) is 0 Å². The van der Waals surface area contributed by atoms with E-state index in [4.69, 9.17) is 5.26 Å². The summed E-state index contributed by atoms with van der Waals surface area (Å²) in [5.41, 5.74) is 3.53. The summed E-state index contributed by atoms with van der Waals surface area (Å²) in [4.78, 5) is 13.9. The predicted octanol–water partition coefficient (Wildman–Crippen LogP) is 5.48. The van der Waals surface area contributed by atoms with E-state index >= 15 is 0 Å². The van der Waals surface area contributed by atoms with Gasteiger partial charge in [-0.2, -0.15) is 5.26 Å². The number of hydrogen-bond acceptors (Lipinski definition) is 3. The number of benzene rings is 1. The van der Waals surface area contributed by atoms with E-state index in [0.717, 1.165) is 38.1 Å². The Balaban J connectivity index is 2.03. The largest absolute Gasteiger partial charge is 0.304 e. The summed E-state index contributed by atoms with van der Waals surface area (Å²) in [6, 6.07) is 9.96. The minimum atomic E-state index is -0.0356. The summed E-state index contributed by atoms with van der Waals surface area (Å²) < 4.78 is 2.97. The molecule has 0 saturated carbocycles. The smallest absolute Gasteiger partial charge is 0.165 e. The van der Waals surface area contributed by atoms with Gasteiger partial charge in [-0.05, 0) is 57.4 Å². The molecule has 0 spiro atoms. The van der Waals surface area contributed by atoms with Gasteiger partial charge < -0.3 is 4.57 Å². The van der Waals surface area contributed by atoms with Gasteiger partial charge in [0.1, 0.15) is 10.9 Å². The zero-order valence-electron chi connectivity index (χ0n) is 13.4. The number of carbonyl (C=O) groups excluding carboxylic acids is 1. The van der Waals surface area contributed by atoms with E-state index in [-0.39, 0.29) is 11.2 Å². The van der Waals surface area contributed by atoms with E-state index in [1.54, 1.807) is 11.3 Å². The van der Waals surface area contributed by atoms with Crippen LogP contribution in [0.1, 0.15) is 41.9 Å². The lowest BCUT2D eigenvalue weighted by Gasteiger charge is -2.29. The van der Waals surface area contributed by atoms with Crippen LogP contribution in [0.3, 0.4) is 0 Å². The number of fused-ring (bicyclic) bond motifs is 3. The van der Waals surface area contributed by atoms with Crippen LogP contribution in [0.5, 0.6) is 0 Å². The molecule has 0 saturated heterocycles. The number of aromatic nitrogens is 1. The van der Waals surface area contributed by atoms with Crippen molar-refractivity contribution in [1.82, 2.24) is 4.57 Å². The summed E-state index contributed by atoms with van der Waals surface area (Å²) >= 11 is 5.13. The van der Waals surface area contributed by atoms with Crippen molar-refractivity contribution in [2.24, 2.45) is 5.41 Å². The van der Waals surface area contributed by atoms with Gasteiger partial charge in [-0.3, -0.25) is 4.79 Å². The molecule has 4 rings (SSSR count). The van der Waals surface area contributed by atoms with Crippen LogP contribution < -0.4 is 0 Å². The highest BCUT2D eigenvalue weighted by molar-refractivity contribution is 9.10. The normalized spacial score (nSPS) is 16.2. The lowest BCUT2D eigenvalue weighted by molar-refractivity contribution is 0.0912. The second-order valence-corrected chi connectivity index (χ2v) is 8.76. The highest BCUT2D eigenvalue weighted by atomic mass is 79.9. The molecule has 0 unspecified atom stereocenters. The SMILES string of the molecule is CC1(C)CC(=O)c2c(n(-c3ccc(C#N)c(Br)c3)c3sccc23)C1. The second-order valence-electron chi connectivity index (χ2n) is 7.01. The van der Waals surface area contributed by atoms with Gasteiger partial charge in [0.05, 0.1) is 5.56 Å². The predicted molar refractivity (Wildman–Crippen MR) is 100.0 cm³/mol. The first kappa shape index (κ1) is 15.6. The maximum absolute atomic E-state index is 12.8. The average molecular weight is 399 g/mol. The van der Waals surface area contributed by atoms with Crippen molar-refractivity contribution in [3.63, 3.8) is 0 Å². The summed E-state index contributed by atoms with van der Waals surface area (Å²) in [5, 5.41) is 12.2. The summed E-state index contributed by atoms with van der Waals surface area (Å²) in [6.07, 6.45) is 1.46. The van der Waals surface area contributed by atoms with Crippen molar-refractivity contribution in [3.8, 4) is 11.8 Å². The van der Waals surface area contributed by atoms with Crippen LogP contribution in [0.4, 0.5) is 0 Å². The minimum Gasteiger partial charge on any atom is -0.304 e. The maximum Gasteiger partial charge on any atom is 0.165 e. The second kappa shape index (κ2) is 5.30. The van der Waals surface area contributed by atoms with Crippen LogP contribution in [-0.4, -0.2) is 10.4 Å². The topological polar surface area (TPSA) is 45.8 Å². The Morgan fingerprint density at radius 3 is 2.79 bits per heavy atom. The van der Waals surface area contributed by atoms with E-state index < -0.39 is 0 Å². The third-order valence-electron chi connectivity index (χ3n) is 4.57. The molecule has 120 valence electrons. The molecule has 5 heteroatoms. The molecule has 0 amide bonds. The Hall–Kier alpha value is -1.90. The van der Waals surface area contributed by atoms with Crippen LogP contribution in [0.25, 0.3) is 15.9 Å². The number of hydrogen-bond donors (Lipinski definition) is 0. The zero-order chi connectivity index (χ0) is 17.1. The summed E-state index contributed by atoms with van der Waals surface area (Å²) in [6.45, 7) is 4.29. The maximum atomic E-state index is 12.8. The van der Waals surface area contributed by atoms with E-state index in [9.17, 15) is 4.79 Å². The first-order chi connectivity index (χ1) is 11.4. The minimum absolute atomic E-state index is 0.0356. The molecular weight excluding hydrogens is 384 g/mol. The number of nitriles is 1. The van der Waals surface area contributed by atoms with Crippen molar-refractivity contribution in [1.29, 1.82) is 5.26 Å². The molecule has 0 atom stereocenters. The number of Topliss-reactive ketones (excluding diaryl/α,β-unsaturated/α-hetero) is 1. The Morgan fingerprint density at radius 2 is 2.08 bits per heavy atom. The molecule has 0 aliphatic heterocycles. The van der Waals surface area contributed by atoms with Crippen molar-refractivity contribution >= 4 is 43.3 Å². The molecule has 2 aromatic heterocycles. The van der Waals surface area contributed by atoms with Crippen molar-refractivity contribution in [2.75, 3.05) is 0 Å². The third-order valence-corrected chi connectivity index (χ3v) is 6.12. The van der Waals surface area contributed by atoms with E-state index in [1.165, 1.54) is 0 Å². The van der Waals surface area contributed by atoms with E-state index in [2.05, 4.69) is 40.4 Å². The van der Waals surface area contributed by atoms with Crippen molar-refractivity contribution in [2.45, 2.75) is 26.7 Å². The highest BCUT2D eigenvalue weighted by Crippen LogP contribution is 2.42. The van der Waals surface area contributed by atoms with Gasteiger partial charge in [0.15, 0.2) is 5.78 Å². The molecule has 3 aromatic rings. The fraction of sp³-hybridized carbons (Fsp3) is 0.263. The number of rotatable bonds is 1. The first-order valence-corrected chi connectivity index (χ1v) is 9.42. The van der Waals surface area contributed by atoms with Crippen molar-refractivity contribution < 1.29 is 4.79 Å². The molecule has 0 N–H and O–H groups in total. The lowest BCUT2D eigenvalue weighted by Crippen LogP contribution is -2.27. The molecule has 0 radical (unpaired) electrons. The van der Waals surface area contributed by atoms with Gasteiger partial charge in [0.25, 0.3) is 0 Å². The number of thiophene rings is 1. The Labute approximate surface area is 152 Å². The van der Waals surface area contributed by atoms with Gasteiger partial charge in [0, 0.05) is 33.2 Å². The molecule has 2 heterocycles. The third kappa shape index (κ3) is 2.25. The molecule has 24 heavy (non-hydrogen) atoms. The highest BCUT2D eigenvalue weighted by Gasteiger charge is 2.36. The zero-order valence-corrected chi connectivity index (χ0v) is 15.8. The van der Waals surface area contributed by atoms with Crippen LogP contribution in [0.15, 0.2) is 34.1 Å². The molecule has 1 aliphatic carbocycles. The molecule has 1 aromatic carbocycles. The number of nitrogens with zero attached hydrogens (tertiary/aromatic N) is 2. The van der Waals surface area contributed by atoms with Gasteiger partial charge in [-0.1, -0.05) is 13.8 Å². The number of halogens is 1. The molecule has 0 bridgehead atoms. The fourth-order valence-electron chi connectivity index (χ4n) is 3.58. The quantitative estimate of drug-likeness (QED) is 0.544. The fourth-order valence-corrected chi connectivity index (χ4v) is 4.99. The molecule has 3 nitrogen and oxygen atoms in total. The standard InChI is InChI=1S/C19H15BrN2OS/c1-19(2)8-15-17(16(23)9-19)13-5-6-24-18(13)22(15)12-4-3-11(10-21)14(20)7-12/h3-7H,8-9H2,1-2H3. The Kier molecular flexibility index (Phi) is 3.45. The molecule has 0 fully saturated rings. The molecular formula is C19H15BrN2OS.